The summed E-state index contributed by atoms with van der Waals surface area (Å²) in [6.07, 6.45) is 1.02. The van der Waals surface area contributed by atoms with Crippen molar-refractivity contribution in [3.63, 3.8) is 0 Å². The molecule has 1 saturated heterocycles. The summed E-state index contributed by atoms with van der Waals surface area (Å²) in [5, 5.41) is 3.62. The Kier molecular flexibility index (Phi) is 3.96. The van der Waals surface area contributed by atoms with E-state index in [4.69, 9.17) is 4.74 Å². The second kappa shape index (κ2) is 5.52. The van der Waals surface area contributed by atoms with Crippen molar-refractivity contribution >= 4 is 12.0 Å². The predicted molar refractivity (Wildman–Crippen MR) is 70.2 cm³/mol. The maximum atomic E-state index is 12.0. The highest BCUT2D eigenvalue weighted by Gasteiger charge is 2.28. The molecule has 1 aromatic heterocycles. The largest absolute Gasteiger partial charge is 0.444 e. The van der Waals surface area contributed by atoms with Gasteiger partial charge in [0.1, 0.15) is 11.9 Å². The smallest absolute Gasteiger partial charge is 0.410 e. The fourth-order valence-corrected chi connectivity index (χ4v) is 1.90. The van der Waals surface area contributed by atoms with Crippen LogP contribution < -0.4 is 0 Å². The van der Waals surface area contributed by atoms with E-state index >= 15 is 0 Å². The zero-order chi connectivity index (χ0) is 14.8. The first kappa shape index (κ1) is 14.4. The lowest BCUT2D eigenvalue weighted by Gasteiger charge is -2.35. The second-order valence-electron chi connectivity index (χ2n) is 5.64. The Labute approximate surface area is 117 Å². The highest BCUT2D eigenvalue weighted by Crippen LogP contribution is 2.13. The van der Waals surface area contributed by atoms with Crippen molar-refractivity contribution in [3.05, 3.63) is 18.0 Å². The van der Waals surface area contributed by atoms with Crippen LogP contribution in [0.4, 0.5) is 4.79 Å². The lowest BCUT2D eigenvalue weighted by atomic mass is 10.2. The molecule has 7 nitrogen and oxygen atoms in total. The molecule has 2 heterocycles. The first-order chi connectivity index (χ1) is 9.37. The van der Waals surface area contributed by atoms with E-state index in [1.54, 1.807) is 9.80 Å². The Morgan fingerprint density at radius 3 is 2.30 bits per heavy atom. The minimum atomic E-state index is -0.509. The van der Waals surface area contributed by atoms with Crippen LogP contribution in [0.25, 0.3) is 0 Å². The minimum Gasteiger partial charge on any atom is -0.444 e. The van der Waals surface area contributed by atoms with Gasteiger partial charge >= 0.3 is 6.09 Å². The van der Waals surface area contributed by atoms with Gasteiger partial charge in [0, 0.05) is 32.2 Å². The van der Waals surface area contributed by atoms with Gasteiger partial charge in [0.2, 0.25) is 0 Å². The molecule has 2 amide bonds. The van der Waals surface area contributed by atoms with E-state index in [1.807, 2.05) is 20.8 Å². The van der Waals surface area contributed by atoms with Gasteiger partial charge in [0.25, 0.3) is 5.91 Å². The maximum absolute atomic E-state index is 12.0. The fraction of sp³-hybridized carbons (Fsp3) is 0.615. The van der Waals surface area contributed by atoms with Gasteiger partial charge in [0.15, 0.2) is 5.69 Å². The fourth-order valence-electron chi connectivity index (χ4n) is 1.90. The van der Waals surface area contributed by atoms with Crippen LogP contribution in [0.5, 0.6) is 0 Å². The van der Waals surface area contributed by atoms with Gasteiger partial charge in [-0.3, -0.25) is 4.79 Å². The molecule has 0 saturated carbocycles. The van der Waals surface area contributed by atoms with Crippen LogP contribution in [0, 0.1) is 0 Å². The van der Waals surface area contributed by atoms with Crippen molar-refractivity contribution in [1.82, 2.24) is 15.0 Å². The molecule has 0 aliphatic carbocycles. The quantitative estimate of drug-likeness (QED) is 0.777. The number of piperazine rings is 1. The van der Waals surface area contributed by atoms with Gasteiger partial charge < -0.3 is 19.1 Å². The lowest BCUT2D eigenvalue weighted by Crippen LogP contribution is -2.51. The van der Waals surface area contributed by atoms with E-state index in [0.29, 0.717) is 26.2 Å². The molecule has 0 unspecified atom stereocenters. The molecular weight excluding hydrogens is 262 g/mol. The van der Waals surface area contributed by atoms with Gasteiger partial charge in [-0.2, -0.15) is 0 Å². The Hall–Kier alpha value is -2.05. The zero-order valence-electron chi connectivity index (χ0n) is 12.0. The van der Waals surface area contributed by atoms with Crippen LogP contribution in [0.2, 0.25) is 0 Å². The maximum Gasteiger partial charge on any atom is 0.410 e. The van der Waals surface area contributed by atoms with E-state index in [1.165, 1.54) is 12.3 Å². The van der Waals surface area contributed by atoms with Crippen molar-refractivity contribution in [2.24, 2.45) is 0 Å². The summed E-state index contributed by atoms with van der Waals surface area (Å²) in [5.41, 5.74) is -0.221. The first-order valence-corrected chi connectivity index (χ1v) is 6.54. The van der Waals surface area contributed by atoms with Gasteiger partial charge in [-0.25, -0.2) is 4.79 Å². The van der Waals surface area contributed by atoms with E-state index in [9.17, 15) is 9.59 Å². The normalized spacial score (nSPS) is 16.1. The molecule has 7 heteroatoms. The summed E-state index contributed by atoms with van der Waals surface area (Å²) >= 11 is 0. The van der Waals surface area contributed by atoms with Gasteiger partial charge in [0.05, 0.1) is 0 Å². The van der Waals surface area contributed by atoms with E-state index in [-0.39, 0.29) is 17.7 Å². The third-order valence-electron chi connectivity index (χ3n) is 2.88. The Bertz CT molecular complexity index is 470. The van der Waals surface area contributed by atoms with Crippen LogP contribution in [-0.2, 0) is 4.74 Å². The highest BCUT2D eigenvalue weighted by molar-refractivity contribution is 5.92. The molecule has 1 fully saturated rings. The molecule has 110 valence electrons. The van der Waals surface area contributed by atoms with Crippen molar-refractivity contribution in [2.45, 2.75) is 26.4 Å². The number of ether oxygens (including phenoxy) is 1. The minimum absolute atomic E-state index is 0.178. The third kappa shape index (κ3) is 3.49. The average Bonchev–Trinajstić information content (AvgIpc) is 2.90. The monoisotopic (exact) mass is 281 g/mol. The number of hydrogen-bond donors (Lipinski definition) is 0. The van der Waals surface area contributed by atoms with Crippen LogP contribution in [0.3, 0.4) is 0 Å². The summed E-state index contributed by atoms with van der Waals surface area (Å²) in [5.74, 6) is -0.178. The standard InChI is InChI=1S/C13H19N3O4/c1-13(2,3)20-12(18)16-7-5-15(6-8-16)11(17)10-4-9-19-14-10/h4,9H,5-8H2,1-3H3. The Morgan fingerprint density at radius 1 is 1.20 bits per heavy atom. The highest BCUT2D eigenvalue weighted by atomic mass is 16.6. The SMILES string of the molecule is CC(C)(C)OC(=O)N1CCN(C(=O)c2ccon2)CC1. The number of rotatable bonds is 1. The molecule has 0 N–H and O–H groups in total. The molecule has 0 bridgehead atoms. The van der Waals surface area contributed by atoms with Gasteiger partial charge in [-0.1, -0.05) is 5.16 Å². The van der Waals surface area contributed by atoms with Crippen LogP contribution in [-0.4, -0.2) is 58.7 Å². The molecule has 0 radical (unpaired) electrons. The number of amides is 2. The van der Waals surface area contributed by atoms with Crippen molar-refractivity contribution in [2.75, 3.05) is 26.2 Å². The second-order valence-corrected chi connectivity index (χ2v) is 5.64. The average molecular weight is 281 g/mol. The summed E-state index contributed by atoms with van der Waals surface area (Å²) in [7, 11) is 0. The van der Waals surface area contributed by atoms with Crippen LogP contribution in [0.15, 0.2) is 16.9 Å². The van der Waals surface area contributed by atoms with E-state index < -0.39 is 5.60 Å². The predicted octanol–water partition coefficient (Wildman–Crippen LogP) is 1.37. The molecule has 0 atom stereocenters. The van der Waals surface area contributed by atoms with Crippen molar-refractivity contribution in [1.29, 1.82) is 0 Å². The van der Waals surface area contributed by atoms with Crippen molar-refractivity contribution in [3.8, 4) is 0 Å². The Balaban J connectivity index is 1.86. The number of aromatic nitrogens is 1. The third-order valence-corrected chi connectivity index (χ3v) is 2.88. The summed E-state index contributed by atoms with van der Waals surface area (Å²) in [6, 6.07) is 1.53. The van der Waals surface area contributed by atoms with Gasteiger partial charge in [-0.15, -0.1) is 0 Å². The van der Waals surface area contributed by atoms with Crippen LogP contribution in [0.1, 0.15) is 31.3 Å². The first-order valence-electron chi connectivity index (χ1n) is 6.54. The number of nitrogens with zero attached hydrogens (tertiary/aromatic N) is 3. The molecule has 1 aliphatic heterocycles. The molecule has 1 aromatic rings. The molecule has 0 spiro atoms. The summed E-state index contributed by atoms with van der Waals surface area (Å²) in [4.78, 5) is 27.2. The van der Waals surface area contributed by atoms with Crippen LogP contribution >= 0.6 is 0 Å². The lowest BCUT2D eigenvalue weighted by molar-refractivity contribution is 0.0139. The zero-order valence-corrected chi connectivity index (χ0v) is 12.0. The topological polar surface area (TPSA) is 75.9 Å². The molecule has 0 aromatic carbocycles. The number of carbonyl (C=O) groups is 2. The van der Waals surface area contributed by atoms with E-state index in [0.717, 1.165) is 0 Å². The number of carbonyl (C=O) groups excluding carboxylic acids is 2. The number of hydrogen-bond acceptors (Lipinski definition) is 5. The van der Waals surface area contributed by atoms with Crippen molar-refractivity contribution < 1.29 is 18.8 Å². The van der Waals surface area contributed by atoms with Gasteiger partial charge in [-0.05, 0) is 20.8 Å². The molecule has 2 rings (SSSR count). The molecule has 20 heavy (non-hydrogen) atoms. The molecular formula is C13H19N3O4. The van der Waals surface area contributed by atoms with E-state index in [2.05, 4.69) is 9.68 Å². The Morgan fingerprint density at radius 2 is 1.80 bits per heavy atom. The summed E-state index contributed by atoms with van der Waals surface area (Å²) in [6.45, 7) is 7.33. The molecule has 1 aliphatic rings. The summed E-state index contributed by atoms with van der Waals surface area (Å²) < 4.78 is 9.96.